The van der Waals surface area contributed by atoms with Gasteiger partial charge in [0.1, 0.15) is 0 Å². The van der Waals surface area contributed by atoms with Gasteiger partial charge in [0, 0.05) is 32.7 Å². The molecule has 0 saturated carbocycles. The van der Waals surface area contributed by atoms with Crippen LogP contribution in [0.25, 0.3) is 0 Å². The third-order valence-corrected chi connectivity index (χ3v) is 13.8. The van der Waals surface area contributed by atoms with Crippen LogP contribution >= 0.6 is 0 Å². The largest absolute Gasteiger partial charge is 0.437 e. The Hall–Kier alpha value is 1.59. The summed E-state index contributed by atoms with van der Waals surface area (Å²) >= 11 is 0. The second kappa shape index (κ2) is 14.9. The molecule has 22 heavy (non-hydrogen) atoms. The fourth-order valence-corrected chi connectivity index (χ4v) is 16.6. The molecule has 0 aliphatic rings. The van der Waals surface area contributed by atoms with E-state index in [0.717, 1.165) is 0 Å². The van der Waals surface area contributed by atoms with Crippen LogP contribution in [0.5, 0.6) is 0 Å². The minimum atomic E-state index is -2.25. The normalized spacial score (nSPS) is 13.1. The van der Waals surface area contributed by atoms with Crippen molar-refractivity contribution in [3.63, 3.8) is 0 Å². The van der Waals surface area contributed by atoms with Crippen LogP contribution < -0.4 is 0 Å². The van der Waals surface area contributed by atoms with Crippen molar-refractivity contribution in [2.75, 3.05) is 0 Å². The van der Waals surface area contributed by atoms with Gasteiger partial charge in [0.2, 0.25) is 0 Å². The summed E-state index contributed by atoms with van der Waals surface area (Å²) in [5, 5.41) is 0. The molecule has 0 rings (SSSR count). The topological polar surface area (TPSA) is 27.7 Å². The smallest absolute Gasteiger partial charge is 0.342 e. The standard InChI is InChI=1S/C10H27O3Si4.4CH4.Y/c1-10-17(9,11-14(2)3)13-16(7,8)12-15(4,5)6;;;;;/h10H,1H2,2-9H3;4*1H4;. The van der Waals surface area contributed by atoms with E-state index in [2.05, 4.69) is 59.0 Å². The van der Waals surface area contributed by atoms with E-state index in [1.54, 1.807) is 0 Å². The molecule has 136 valence electrons. The van der Waals surface area contributed by atoms with E-state index < -0.39 is 34.5 Å². The molecule has 0 heterocycles. The molecular formula is C14H43O3Si4Y. The second-order valence-corrected chi connectivity index (χ2v) is 19.7. The van der Waals surface area contributed by atoms with Crippen molar-refractivity contribution in [2.45, 2.75) is 82.1 Å². The molecule has 0 aliphatic heterocycles. The fourth-order valence-electron chi connectivity index (χ4n) is 1.76. The van der Waals surface area contributed by atoms with Crippen LogP contribution in [0.3, 0.4) is 0 Å². The van der Waals surface area contributed by atoms with Crippen molar-refractivity contribution in [3.8, 4) is 0 Å². The molecule has 0 aromatic heterocycles. The molecule has 3 nitrogen and oxygen atoms in total. The summed E-state index contributed by atoms with van der Waals surface area (Å²) in [6.45, 7) is 20.9. The Bertz CT molecular complexity index is 271. The Labute approximate surface area is 172 Å². The van der Waals surface area contributed by atoms with Crippen LogP contribution in [-0.4, -0.2) is 34.5 Å². The predicted molar refractivity (Wildman–Crippen MR) is 110 cm³/mol. The van der Waals surface area contributed by atoms with E-state index >= 15 is 0 Å². The van der Waals surface area contributed by atoms with Gasteiger partial charge in [-0.3, -0.25) is 0 Å². The van der Waals surface area contributed by atoms with E-state index in [4.69, 9.17) is 12.3 Å². The van der Waals surface area contributed by atoms with Crippen LogP contribution in [0.4, 0.5) is 0 Å². The first kappa shape index (κ1) is 38.9. The monoisotopic (exact) mass is 460 g/mol. The summed E-state index contributed by atoms with van der Waals surface area (Å²) in [7, 11) is -6.71. The Morgan fingerprint density at radius 3 is 1.41 bits per heavy atom. The summed E-state index contributed by atoms with van der Waals surface area (Å²) in [6.07, 6.45) is 0. The van der Waals surface area contributed by atoms with Gasteiger partial charge in [-0.15, -0.1) is 6.58 Å². The third-order valence-electron chi connectivity index (χ3n) is 1.78. The zero-order valence-electron chi connectivity index (χ0n) is 13.1. The Morgan fingerprint density at radius 2 is 1.18 bits per heavy atom. The molecule has 0 spiro atoms. The third kappa shape index (κ3) is 19.6. The molecule has 0 aliphatic carbocycles. The van der Waals surface area contributed by atoms with Crippen LogP contribution in [0, 0.1) is 0 Å². The van der Waals surface area contributed by atoms with E-state index in [9.17, 15) is 0 Å². The summed E-state index contributed by atoms with van der Waals surface area (Å²) in [4.78, 5) is 0. The zero-order valence-corrected chi connectivity index (χ0v) is 19.9. The number of hydrogen-bond acceptors (Lipinski definition) is 3. The van der Waals surface area contributed by atoms with Gasteiger partial charge in [0.25, 0.3) is 0 Å². The van der Waals surface area contributed by atoms with Gasteiger partial charge in [-0.25, -0.2) is 0 Å². The van der Waals surface area contributed by atoms with Crippen LogP contribution in [0.15, 0.2) is 12.3 Å². The summed E-state index contributed by atoms with van der Waals surface area (Å²) in [6, 6.07) is 0. The maximum atomic E-state index is 6.24. The maximum Gasteiger partial charge on any atom is 0.342 e. The zero-order chi connectivity index (χ0) is 13.9. The van der Waals surface area contributed by atoms with E-state index in [1.165, 1.54) is 0 Å². The molecule has 2 radical (unpaired) electrons. The molecule has 0 N–H and O–H groups in total. The van der Waals surface area contributed by atoms with E-state index in [1.807, 2.05) is 5.70 Å². The first-order valence-corrected chi connectivity index (χ1v) is 16.9. The van der Waals surface area contributed by atoms with Crippen LogP contribution in [0.2, 0.25) is 52.4 Å². The Morgan fingerprint density at radius 1 is 0.818 bits per heavy atom. The van der Waals surface area contributed by atoms with Gasteiger partial charge in [-0.2, -0.15) is 0 Å². The molecule has 0 amide bonds. The first-order valence-electron chi connectivity index (χ1n) is 5.92. The van der Waals surface area contributed by atoms with E-state index in [-0.39, 0.29) is 62.4 Å². The Kier molecular flexibility index (Phi) is 26.3. The average molecular weight is 461 g/mol. The van der Waals surface area contributed by atoms with Gasteiger partial charge in [-0.05, 0) is 52.4 Å². The molecule has 1 unspecified atom stereocenters. The molecular weight excluding hydrogens is 417 g/mol. The summed E-state index contributed by atoms with van der Waals surface area (Å²) < 4.78 is 18.4. The summed E-state index contributed by atoms with van der Waals surface area (Å²) in [5.41, 5.74) is 1.87. The van der Waals surface area contributed by atoms with Crippen molar-refractivity contribution < 1.29 is 45.1 Å². The van der Waals surface area contributed by atoms with Gasteiger partial charge in [-0.1, -0.05) is 35.4 Å². The van der Waals surface area contributed by atoms with Crippen molar-refractivity contribution in [2.24, 2.45) is 0 Å². The van der Waals surface area contributed by atoms with Gasteiger partial charge >= 0.3 is 17.1 Å². The van der Waals surface area contributed by atoms with Crippen LogP contribution in [0.1, 0.15) is 29.7 Å². The van der Waals surface area contributed by atoms with Gasteiger partial charge in [0.15, 0.2) is 17.4 Å². The van der Waals surface area contributed by atoms with Crippen LogP contribution in [-0.2, 0) is 45.1 Å². The predicted octanol–water partition coefficient (Wildman–Crippen LogP) is 6.16. The minimum Gasteiger partial charge on any atom is -0.437 e. The van der Waals surface area contributed by atoms with Crippen molar-refractivity contribution >= 4 is 34.5 Å². The van der Waals surface area contributed by atoms with Crippen molar-refractivity contribution in [3.05, 3.63) is 12.3 Å². The van der Waals surface area contributed by atoms with Crippen molar-refractivity contribution in [1.82, 2.24) is 0 Å². The van der Waals surface area contributed by atoms with E-state index in [0.29, 0.717) is 0 Å². The van der Waals surface area contributed by atoms with Crippen molar-refractivity contribution in [1.29, 1.82) is 0 Å². The first-order chi connectivity index (χ1) is 7.39. The number of hydrogen-bond donors (Lipinski definition) is 0. The molecule has 1 atom stereocenters. The molecule has 0 aromatic rings. The SMILES string of the molecule is C.C.C.C.C=C[Si](C)(O[Si](C)C)O[Si](C)(C)O[Si](C)(C)C.[Y]. The Balaban J connectivity index is -0.000000128. The van der Waals surface area contributed by atoms with Gasteiger partial charge < -0.3 is 12.3 Å². The summed E-state index contributed by atoms with van der Waals surface area (Å²) in [5.74, 6) is 0. The fraction of sp³-hybridized carbons (Fsp3) is 0.857. The van der Waals surface area contributed by atoms with Gasteiger partial charge in [0.05, 0.1) is 0 Å². The number of rotatable bonds is 7. The average Bonchev–Trinajstić information content (AvgIpc) is 1.95. The molecule has 0 bridgehead atoms. The quantitative estimate of drug-likeness (QED) is 0.426. The molecule has 8 heteroatoms. The molecule has 0 saturated heterocycles. The minimum absolute atomic E-state index is 0. The molecule has 0 fully saturated rings. The molecule has 0 aromatic carbocycles. The maximum absolute atomic E-state index is 6.24. The second-order valence-electron chi connectivity index (χ2n) is 5.95.